The highest BCUT2D eigenvalue weighted by Gasteiger charge is 2.81. The fraction of sp³-hybridized carbons (Fsp3) is 0.700. The number of cyclic esters (lactones) is 1. The van der Waals surface area contributed by atoms with Gasteiger partial charge in [0, 0.05) is 32.1 Å². The molecule has 1 saturated carbocycles. The molecule has 25 heavy (non-hydrogen) atoms. The smallest absolute Gasteiger partial charge is 0.339 e. The van der Waals surface area contributed by atoms with Gasteiger partial charge in [-0.2, -0.15) is 0 Å². The molecule has 2 saturated heterocycles. The maximum Gasteiger partial charge on any atom is 0.339 e. The van der Waals surface area contributed by atoms with Crippen LogP contribution in [0.4, 0.5) is 0 Å². The average molecular weight is 346 g/mol. The monoisotopic (exact) mass is 346 g/mol. The van der Waals surface area contributed by atoms with Crippen LogP contribution in [0.2, 0.25) is 0 Å². The zero-order chi connectivity index (χ0) is 18.4. The van der Waals surface area contributed by atoms with Crippen LogP contribution in [0, 0.1) is 11.8 Å². The van der Waals surface area contributed by atoms with Gasteiger partial charge in [-0.3, -0.25) is 4.79 Å². The molecule has 5 rings (SSSR count). The zero-order valence-electron chi connectivity index (χ0n) is 15.8. The largest absolute Gasteiger partial charge is 0.430 e. The second-order valence-electron chi connectivity index (χ2n) is 8.98. The van der Waals surface area contributed by atoms with E-state index in [4.69, 9.17) is 14.2 Å². The lowest BCUT2D eigenvalue weighted by Gasteiger charge is -2.58. The Hall–Kier alpha value is -1.46. The third-order valence-corrected chi connectivity index (χ3v) is 6.12. The second-order valence-corrected chi connectivity index (χ2v) is 8.98. The van der Waals surface area contributed by atoms with Crippen molar-refractivity contribution in [2.75, 3.05) is 0 Å². The van der Waals surface area contributed by atoms with E-state index in [0.29, 0.717) is 18.4 Å². The van der Waals surface area contributed by atoms with Crippen molar-refractivity contribution in [1.82, 2.24) is 0 Å². The molecule has 0 amide bonds. The van der Waals surface area contributed by atoms with Crippen LogP contribution in [0.15, 0.2) is 23.3 Å². The summed E-state index contributed by atoms with van der Waals surface area (Å²) in [4.78, 5) is 26.2. The molecule has 4 bridgehead atoms. The number of Topliss-reactive ketones (excluding diaryl/α,β-unsaturated/α-hetero) is 1. The highest BCUT2D eigenvalue weighted by molar-refractivity contribution is 6.04. The molecule has 136 valence electrons. The Kier molecular flexibility index (Phi) is 3.14. The van der Waals surface area contributed by atoms with Crippen LogP contribution in [-0.2, 0) is 23.8 Å². The van der Waals surface area contributed by atoms with Gasteiger partial charge in [-0.15, -0.1) is 0 Å². The first-order valence-corrected chi connectivity index (χ1v) is 8.99. The van der Waals surface area contributed by atoms with E-state index in [1.165, 1.54) is 0 Å². The fourth-order valence-electron chi connectivity index (χ4n) is 5.34. The highest BCUT2D eigenvalue weighted by atomic mass is 16.7. The minimum absolute atomic E-state index is 0.0288. The van der Waals surface area contributed by atoms with E-state index in [0.717, 1.165) is 5.57 Å². The molecule has 3 aliphatic carbocycles. The van der Waals surface area contributed by atoms with E-state index in [9.17, 15) is 9.59 Å². The van der Waals surface area contributed by atoms with Crippen molar-refractivity contribution in [3.8, 4) is 0 Å². The first-order valence-electron chi connectivity index (χ1n) is 8.99. The summed E-state index contributed by atoms with van der Waals surface area (Å²) in [6.45, 7) is 11.4. The van der Waals surface area contributed by atoms with Gasteiger partial charge in [-0.1, -0.05) is 17.7 Å². The maximum absolute atomic E-state index is 13.4. The number of allylic oxidation sites excluding steroid dienone is 2. The molecule has 2 aliphatic heterocycles. The number of esters is 1. The first-order chi connectivity index (χ1) is 11.5. The van der Waals surface area contributed by atoms with Crippen LogP contribution in [0.25, 0.3) is 0 Å². The summed E-state index contributed by atoms with van der Waals surface area (Å²) >= 11 is 0. The average Bonchev–Trinajstić information content (AvgIpc) is 2.61. The van der Waals surface area contributed by atoms with E-state index in [-0.39, 0.29) is 23.6 Å². The van der Waals surface area contributed by atoms with E-state index >= 15 is 0 Å². The predicted octanol–water partition coefficient (Wildman–Crippen LogP) is 3.08. The Morgan fingerprint density at radius 2 is 1.88 bits per heavy atom. The topological polar surface area (TPSA) is 61.8 Å². The molecule has 0 aromatic heterocycles. The molecule has 1 spiro atoms. The quantitative estimate of drug-likeness (QED) is 0.568. The molecule has 5 heteroatoms. The lowest BCUT2D eigenvalue weighted by molar-refractivity contribution is -0.303. The van der Waals surface area contributed by atoms with E-state index in [1.54, 1.807) is 19.9 Å². The zero-order valence-corrected chi connectivity index (χ0v) is 15.8. The molecule has 2 heterocycles. The van der Waals surface area contributed by atoms with Gasteiger partial charge < -0.3 is 14.2 Å². The lowest BCUT2D eigenvalue weighted by atomic mass is 9.52. The van der Waals surface area contributed by atoms with Crippen molar-refractivity contribution in [1.29, 1.82) is 0 Å². The number of hydrogen-bond acceptors (Lipinski definition) is 5. The minimum atomic E-state index is -1.16. The molecule has 0 aromatic rings. The molecule has 5 nitrogen and oxygen atoms in total. The number of carbonyl (C=O) groups excluding carboxylic acids is 2. The van der Waals surface area contributed by atoms with Crippen molar-refractivity contribution in [2.45, 2.75) is 77.0 Å². The third kappa shape index (κ3) is 1.91. The van der Waals surface area contributed by atoms with Crippen LogP contribution in [0.1, 0.15) is 54.4 Å². The third-order valence-electron chi connectivity index (χ3n) is 6.12. The Bertz CT molecular complexity index is 739. The van der Waals surface area contributed by atoms with Gasteiger partial charge in [0.15, 0.2) is 11.4 Å². The Morgan fingerprint density at radius 3 is 2.52 bits per heavy atom. The molecular weight excluding hydrogens is 320 g/mol. The summed E-state index contributed by atoms with van der Waals surface area (Å²) in [6, 6.07) is 0. The molecule has 0 aromatic carbocycles. The van der Waals surface area contributed by atoms with Crippen molar-refractivity contribution < 1.29 is 23.8 Å². The van der Waals surface area contributed by atoms with E-state index in [1.807, 2.05) is 33.8 Å². The standard InChI is InChI=1S/C20H26O5/c1-11(2)7-8-19-15(21)12-9-13-16(22)23-18(5,6)25-20(13,19)14(10-12)17(3,4)24-19/h7,9,12,14H,8,10H2,1-6H3/t12-,14+,19+,20-/m1/s1. The van der Waals surface area contributed by atoms with Gasteiger partial charge in [-0.05, 0) is 34.1 Å². The Labute approximate surface area is 148 Å². The molecule has 3 fully saturated rings. The van der Waals surface area contributed by atoms with Crippen LogP contribution in [0.3, 0.4) is 0 Å². The van der Waals surface area contributed by atoms with Gasteiger partial charge in [0.25, 0.3) is 0 Å². The van der Waals surface area contributed by atoms with Gasteiger partial charge >= 0.3 is 5.97 Å². The molecule has 4 atom stereocenters. The van der Waals surface area contributed by atoms with Crippen LogP contribution in [0.5, 0.6) is 0 Å². The van der Waals surface area contributed by atoms with E-state index < -0.39 is 22.6 Å². The lowest BCUT2D eigenvalue weighted by Crippen LogP contribution is -2.73. The first kappa shape index (κ1) is 17.0. The number of carbonyl (C=O) groups is 2. The summed E-state index contributed by atoms with van der Waals surface area (Å²) in [5.41, 5.74) is -1.23. The molecular formula is C20H26O5. The van der Waals surface area contributed by atoms with Crippen LogP contribution < -0.4 is 0 Å². The summed E-state index contributed by atoms with van der Waals surface area (Å²) in [5, 5.41) is 0. The van der Waals surface area contributed by atoms with Crippen molar-refractivity contribution in [2.24, 2.45) is 11.8 Å². The van der Waals surface area contributed by atoms with Crippen molar-refractivity contribution in [3.63, 3.8) is 0 Å². The SMILES string of the molecule is CC(C)=CC[C@@]12OC(C)(C)[C@@H]3C[C@@H](C=C4C(=O)OC(C)(C)O[C@]431)C2=O. The number of ether oxygens (including phenoxy) is 3. The normalized spacial score (nSPS) is 42.6. The predicted molar refractivity (Wildman–Crippen MR) is 90.6 cm³/mol. The summed E-state index contributed by atoms with van der Waals surface area (Å²) < 4.78 is 18.4. The highest BCUT2D eigenvalue weighted by Crippen LogP contribution is 2.67. The number of hydrogen-bond donors (Lipinski definition) is 0. The van der Waals surface area contributed by atoms with Crippen molar-refractivity contribution in [3.05, 3.63) is 23.3 Å². The summed E-state index contributed by atoms with van der Waals surface area (Å²) in [5.74, 6) is -1.84. The van der Waals surface area contributed by atoms with Gasteiger partial charge in [-0.25, -0.2) is 4.79 Å². The summed E-state index contributed by atoms with van der Waals surface area (Å²) in [6.07, 6.45) is 4.84. The Morgan fingerprint density at radius 1 is 1.20 bits per heavy atom. The van der Waals surface area contributed by atoms with Gasteiger partial charge in [0.2, 0.25) is 5.79 Å². The van der Waals surface area contributed by atoms with Crippen LogP contribution >= 0.6 is 0 Å². The molecule has 0 unspecified atom stereocenters. The second kappa shape index (κ2) is 4.63. The van der Waals surface area contributed by atoms with E-state index in [2.05, 4.69) is 0 Å². The molecule has 5 aliphatic rings. The van der Waals surface area contributed by atoms with Gasteiger partial charge in [0.05, 0.1) is 11.2 Å². The van der Waals surface area contributed by atoms with Crippen molar-refractivity contribution >= 4 is 11.8 Å². The maximum atomic E-state index is 13.4. The molecule has 0 N–H and O–H groups in total. The van der Waals surface area contributed by atoms with Crippen LogP contribution in [-0.4, -0.2) is 34.3 Å². The fourth-order valence-corrected chi connectivity index (χ4v) is 5.34. The number of ketones is 1. The number of rotatable bonds is 2. The summed E-state index contributed by atoms with van der Waals surface area (Å²) in [7, 11) is 0. The minimum Gasteiger partial charge on any atom is -0.430 e. The van der Waals surface area contributed by atoms with Gasteiger partial charge in [0.1, 0.15) is 5.60 Å². The Balaban J connectivity index is 2.00. The molecule has 0 radical (unpaired) electrons.